The van der Waals surface area contributed by atoms with Gasteiger partial charge in [-0.3, -0.25) is 4.79 Å². The molecule has 2 aromatic carbocycles. The molecular formula is C25H27N5O2S. The number of carbonyl (C=O) groups is 1. The first kappa shape index (κ1) is 21.5. The number of anilines is 2. The van der Waals surface area contributed by atoms with Crippen LogP contribution in [0.25, 0.3) is 16.2 Å². The second-order valence-corrected chi connectivity index (χ2v) is 9.47. The summed E-state index contributed by atoms with van der Waals surface area (Å²) in [4.78, 5) is 20.7. The van der Waals surface area contributed by atoms with Crippen LogP contribution in [0.3, 0.4) is 0 Å². The van der Waals surface area contributed by atoms with Crippen LogP contribution < -0.4 is 15.0 Å². The van der Waals surface area contributed by atoms with Crippen LogP contribution in [0.2, 0.25) is 0 Å². The molecular weight excluding hydrogens is 434 g/mol. The number of imidazole rings is 1. The molecule has 4 aromatic rings. The van der Waals surface area contributed by atoms with E-state index in [0.29, 0.717) is 0 Å². The monoisotopic (exact) mass is 461 g/mol. The summed E-state index contributed by atoms with van der Waals surface area (Å²) in [6.45, 7) is 5.72. The normalized spacial score (nSPS) is 14.6. The first-order chi connectivity index (χ1) is 16.0. The molecule has 0 saturated carbocycles. The van der Waals surface area contributed by atoms with Gasteiger partial charge in [0.15, 0.2) is 0 Å². The molecule has 170 valence electrons. The van der Waals surface area contributed by atoms with Gasteiger partial charge in [-0.05, 0) is 62.6 Å². The van der Waals surface area contributed by atoms with Crippen LogP contribution in [0.4, 0.5) is 10.8 Å². The lowest BCUT2D eigenvalue weighted by Crippen LogP contribution is -2.38. The third-order valence-electron chi connectivity index (χ3n) is 6.19. The number of fused-ring (bicyclic) bond motifs is 1. The third kappa shape index (κ3) is 4.43. The first-order valence-corrected chi connectivity index (χ1v) is 12.0. The van der Waals surface area contributed by atoms with Gasteiger partial charge < -0.3 is 15.0 Å². The Morgan fingerprint density at radius 3 is 2.55 bits per heavy atom. The highest BCUT2D eigenvalue weighted by Crippen LogP contribution is 2.30. The Hall–Kier alpha value is -3.39. The maximum Gasteiger partial charge on any atom is 0.227 e. The number of piperidine rings is 1. The number of methoxy groups -OCH3 is 1. The molecule has 0 spiro atoms. The van der Waals surface area contributed by atoms with Gasteiger partial charge in [0, 0.05) is 30.3 Å². The average molecular weight is 462 g/mol. The number of nitrogens with zero attached hydrogens (tertiary/aromatic N) is 4. The fourth-order valence-corrected chi connectivity index (χ4v) is 5.17. The average Bonchev–Trinajstić information content (AvgIpc) is 3.41. The summed E-state index contributed by atoms with van der Waals surface area (Å²) in [5.74, 6) is 0.957. The highest BCUT2D eigenvalue weighted by molar-refractivity contribution is 7.20. The van der Waals surface area contributed by atoms with E-state index in [4.69, 9.17) is 14.8 Å². The van der Waals surface area contributed by atoms with Crippen molar-refractivity contribution in [2.24, 2.45) is 5.92 Å². The zero-order valence-electron chi connectivity index (χ0n) is 19.0. The van der Waals surface area contributed by atoms with Crippen LogP contribution in [0.1, 0.15) is 24.0 Å². The van der Waals surface area contributed by atoms with Crippen molar-refractivity contribution in [2.75, 3.05) is 30.4 Å². The second kappa shape index (κ2) is 8.86. The molecule has 33 heavy (non-hydrogen) atoms. The Morgan fingerprint density at radius 2 is 1.88 bits per heavy atom. The first-order valence-electron chi connectivity index (χ1n) is 11.1. The van der Waals surface area contributed by atoms with Gasteiger partial charge in [-0.2, -0.15) is 0 Å². The Bertz CT molecular complexity index is 1250. The zero-order chi connectivity index (χ0) is 22.9. The van der Waals surface area contributed by atoms with Crippen molar-refractivity contribution in [3.8, 4) is 17.0 Å². The molecule has 1 N–H and O–H groups in total. The molecule has 5 rings (SSSR count). The molecule has 0 aliphatic carbocycles. The van der Waals surface area contributed by atoms with E-state index in [-0.39, 0.29) is 11.8 Å². The van der Waals surface area contributed by atoms with E-state index in [1.807, 2.05) is 54.0 Å². The highest BCUT2D eigenvalue weighted by Gasteiger charge is 2.27. The number of ether oxygens (including phenoxy) is 1. The van der Waals surface area contributed by atoms with Crippen molar-refractivity contribution in [1.29, 1.82) is 0 Å². The third-order valence-corrected chi connectivity index (χ3v) is 7.18. The van der Waals surface area contributed by atoms with Gasteiger partial charge in [-0.1, -0.05) is 29.0 Å². The Balaban J connectivity index is 1.22. The Kier molecular flexibility index (Phi) is 5.76. The fourth-order valence-electron chi connectivity index (χ4n) is 4.24. The zero-order valence-corrected chi connectivity index (χ0v) is 19.9. The molecule has 1 aliphatic rings. The van der Waals surface area contributed by atoms with Crippen LogP contribution >= 0.6 is 11.3 Å². The van der Waals surface area contributed by atoms with Crippen LogP contribution in [0, 0.1) is 19.8 Å². The van der Waals surface area contributed by atoms with Gasteiger partial charge in [-0.25, -0.2) is 9.50 Å². The van der Waals surface area contributed by atoms with E-state index in [1.165, 1.54) is 5.56 Å². The highest BCUT2D eigenvalue weighted by atomic mass is 32.1. The molecule has 1 saturated heterocycles. The number of amides is 1. The van der Waals surface area contributed by atoms with Crippen molar-refractivity contribution >= 4 is 33.0 Å². The number of hydrogen-bond donors (Lipinski definition) is 1. The molecule has 1 fully saturated rings. The lowest BCUT2D eigenvalue weighted by molar-refractivity contribution is -0.120. The number of rotatable bonds is 5. The molecule has 0 atom stereocenters. The summed E-state index contributed by atoms with van der Waals surface area (Å²) >= 11 is 1.58. The molecule has 0 radical (unpaired) electrons. The van der Waals surface area contributed by atoms with Gasteiger partial charge in [0.25, 0.3) is 0 Å². The minimum absolute atomic E-state index is 0.0210. The predicted octanol–water partition coefficient (Wildman–Crippen LogP) is 4.94. The van der Waals surface area contributed by atoms with Crippen molar-refractivity contribution in [1.82, 2.24) is 14.6 Å². The van der Waals surface area contributed by atoms with Gasteiger partial charge in [0.05, 0.1) is 19.0 Å². The smallest absolute Gasteiger partial charge is 0.227 e. The molecule has 1 aliphatic heterocycles. The summed E-state index contributed by atoms with van der Waals surface area (Å²) in [6, 6.07) is 14.0. The molecule has 0 unspecified atom stereocenters. The van der Waals surface area contributed by atoms with Crippen molar-refractivity contribution in [3.63, 3.8) is 0 Å². The minimum atomic E-state index is 0.0210. The van der Waals surface area contributed by atoms with Crippen molar-refractivity contribution in [2.45, 2.75) is 26.7 Å². The largest absolute Gasteiger partial charge is 0.497 e. The maximum atomic E-state index is 12.8. The van der Waals surface area contributed by atoms with Crippen LogP contribution in [-0.4, -0.2) is 40.7 Å². The van der Waals surface area contributed by atoms with E-state index >= 15 is 0 Å². The van der Waals surface area contributed by atoms with Gasteiger partial charge >= 0.3 is 0 Å². The van der Waals surface area contributed by atoms with E-state index < -0.39 is 0 Å². The maximum absolute atomic E-state index is 12.8. The number of hydrogen-bond acceptors (Lipinski definition) is 6. The van der Waals surface area contributed by atoms with Crippen LogP contribution in [-0.2, 0) is 4.79 Å². The molecule has 2 aromatic heterocycles. The number of nitrogens with one attached hydrogen (secondary N) is 1. The molecule has 8 heteroatoms. The molecule has 7 nitrogen and oxygen atoms in total. The standard InChI is InChI=1S/C25H27N5O2S/c1-16-4-9-21(17(2)14-16)26-23(31)19-10-12-29(13-11-19)25-28-30-15-22(27-24(30)33-25)18-5-7-20(32-3)8-6-18/h4-9,14-15,19H,10-13H2,1-3H3,(H,26,31). The number of aryl methyl sites for hydroxylation is 2. The van der Waals surface area contributed by atoms with E-state index in [2.05, 4.69) is 23.2 Å². The van der Waals surface area contributed by atoms with E-state index in [1.54, 1.807) is 18.4 Å². The Morgan fingerprint density at radius 1 is 1.12 bits per heavy atom. The summed E-state index contributed by atoms with van der Waals surface area (Å²) in [7, 11) is 1.66. The number of carbonyl (C=O) groups excluding carboxylic acids is 1. The quantitative estimate of drug-likeness (QED) is 0.456. The van der Waals surface area contributed by atoms with Crippen LogP contribution in [0.15, 0.2) is 48.7 Å². The van der Waals surface area contributed by atoms with Crippen LogP contribution in [0.5, 0.6) is 5.75 Å². The van der Waals surface area contributed by atoms with Crippen molar-refractivity contribution in [3.05, 3.63) is 59.8 Å². The van der Waals surface area contributed by atoms with E-state index in [9.17, 15) is 4.79 Å². The van der Waals surface area contributed by atoms with Gasteiger partial charge in [-0.15, -0.1) is 5.10 Å². The molecule has 1 amide bonds. The van der Waals surface area contributed by atoms with Gasteiger partial charge in [0.2, 0.25) is 16.0 Å². The molecule has 0 bridgehead atoms. The summed E-state index contributed by atoms with van der Waals surface area (Å²) in [5, 5.41) is 8.81. The number of benzene rings is 2. The summed E-state index contributed by atoms with van der Waals surface area (Å²) in [5.41, 5.74) is 5.13. The lowest BCUT2D eigenvalue weighted by atomic mass is 9.96. The van der Waals surface area contributed by atoms with Crippen molar-refractivity contribution < 1.29 is 9.53 Å². The lowest BCUT2D eigenvalue weighted by Gasteiger charge is -2.30. The second-order valence-electron chi connectivity index (χ2n) is 8.54. The Labute approximate surface area is 197 Å². The topological polar surface area (TPSA) is 71.8 Å². The number of aromatic nitrogens is 3. The predicted molar refractivity (Wildman–Crippen MR) is 132 cm³/mol. The minimum Gasteiger partial charge on any atom is -0.497 e. The molecule has 3 heterocycles. The van der Waals surface area contributed by atoms with E-state index in [0.717, 1.165) is 64.3 Å². The van der Waals surface area contributed by atoms with Gasteiger partial charge in [0.1, 0.15) is 5.75 Å². The summed E-state index contributed by atoms with van der Waals surface area (Å²) in [6.07, 6.45) is 3.59. The fraction of sp³-hybridized carbons (Fsp3) is 0.320. The summed E-state index contributed by atoms with van der Waals surface area (Å²) < 4.78 is 7.07. The SMILES string of the molecule is COc1ccc(-c2cn3nc(N4CCC(C(=O)Nc5ccc(C)cc5C)CC4)sc3n2)cc1.